The second kappa shape index (κ2) is 6.34. The molecule has 2 rings (SSSR count). The van der Waals surface area contributed by atoms with Crippen LogP contribution in [0.2, 0.25) is 0 Å². The van der Waals surface area contributed by atoms with Crippen molar-refractivity contribution < 1.29 is 18.3 Å². The van der Waals surface area contributed by atoms with Crippen molar-refractivity contribution in [2.24, 2.45) is 0 Å². The molecule has 0 amide bonds. The van der Waals surface area contributed by atoms with Crippen LogP contribution in [0.5, 0.6) is 5.75 Å². The third-order valence-electron chi connectivity index (χ3n) is 3.69. The lowest BCUT2D eigenvalue weighted by atomic mass is 10.0. The Morgan fingerprint density at radius 2 is 2.14 bits per heavy atom. The van der Waals surface area contributed by atoms with Crippen molar-refractivity contribution in [3.8, 4) is 5.75 Å². The van der Waals surface area contributed by atoms with E-state index in [9.17, 15) is 13.5 Å². The average molecular weight is 313 g/mol. The third-order valence-corrected chi connectivity index (χ3v) is 5.38. The third kappa shape index (κ3) is 3.96. The van der Waals surface area contributed by atoms with E-state index >= 15 is 0 Å². The van der Waals surface area contributed by atoms with E-state index < -0.39 is 22.0 Å². The molecule has 0 radical (unpaired) electrons. The summed E-state index contributed by atoms with van der Waals surface area (Å²) in [6.45, 7) is 6.89. The van der Waals surface area contributed by atoms with Gasteiger partial charge in [0.05, 0.1) is 11.5 Å². The van der Waals surface area contributed by atoms with E-state index in [0.29, 0.717) is 5.75 Å². The molecule has 1 saturated heterocycles. The van der Waals surface area contributed by atoms with E-state index in [1.165, 1.54) is 0 Å². The van der Waals surface area contributed by atoms with Gasteiger partial charge >= 0.3 is 0 Å². The average Bonchev–Trinajstić information content (AvgIpc) is 2.64. The zero-order valence-corrected chi connectivity index (χ0v) is 13.5. The second-order valence-corrected chi connectivity index (χ2v) is 7.78. The van der Waals surface area contributed by atoms with Crippen LogP contribution in [0, 0.1) is 6.92 Å². The fraction of sp³-hybridized carbons (Fsp3) is 0.600. The molecule has 6 heteroatoms. The van der Waals surface area contributed by atoms with Crippen molar-refractivity contribution in [1.29, 1.82) is 0 Å². The summed E-state index contributed by atoms with van der Waals surface area (Å²) in [5.41, 5.74) is 2.09. The topological polar surface area (TPSA) is 75.6 Å². The highest BCUT2D eigenvalue weighted by atomic mass is 32.2. The number of aliphatic hydroxyl groups excluding tert-OH is 1. The molecule has 118 valence electrons. The number of nitrogens with one attached hydrogen (secondary N) is 1. The zero-order chi connectivity index (χ0) is 15.6. The summed E-state index contributed by atoms with van der Waals surface area (Å²) in [7, 11) is -3.21. The summed E-state index contributed by atoms with van der Waals surface area (Å²) in [5, 5.41) is 13.2. The predicted octanol–water partition coefficient (Wildman–Crippen LogP) is 1.20. The summed E-state index contributed by atoms with van der Waals surface area (Å²) < 4.78 is 28.9. The van der Waals surface area contributed by atoms with Gasteiger partial charge in [-0.25, -0.2) is 8.42 Å². The van der Waals surface area contributed by atoms with Gasteiger partial charge in [-0.3, -0.25) is 0 Å². The second-order valence-electron chi connectivity index (χ2n) is 5.62. The van der Waals surface area contributed by atoms with Crippen LogP contribution in [0.15, 0.2) is 18.2 Å². The first-order chi connectivity index (χ1) is 9.82. The van der Waals surface area contributed by atoms with Crippen LogP contribution in [0.1, 0.15) is 31.0 Å². The maximum absolute atomic E-state index is 11.6. The van der Waals surface area contributed by atoms with E-state index in [0.717, 1.165) is 17.7 Å². The van der Waals surface area contributed by atoms with Crippen LogP contribution in [0.3, 0.4) is 0 Å². The van der Waals surface area contributed by atoms with Gasteiger partial charge in [0.1, 0.15) is 18.0 Å². The Morgan fingerprint density at radius 1 is 1.43 bits per heavy atom. The van der Waals surface area contributed by atoms with Gasteiger partial charge in [0, 0.05) is 11.6 Å². The molecule has 21 heavy (non-hydrogen) atoms. The molecule has 1 heterocycles. The van der Waals surface area contributed by atoms with Gasteiger partial charge in [0.2, 0.25) is 0 Å². The fourth-order valence-electron chi connectivity index (χ4n) is 2.60. The SMILES string of the molecule is CCNC(C)c1cc(C)ccc1OC1CS(=O)(=O)CC1O. The lowest BCUT2D eigenvalue weighted by Gasteiger charge is -2.22. The number of hydrogen-bond donors (Lipinski definition) is 2. The first-order valence-corrected chi connectivity index (χ1v) is 9.03. The first kappa shape index (κ1) is 16.3. The van der Waals surface area contributed by atoms with Crippen molar-refractivity contribution in [3.05, 3.63) is 29.3 Å². The van der Waals surface area contributed by atoms with Gasteiger partial charge in [0.25, 0.3) is 0 Å². The number of aliphatic hydroxyl groups is 1. The first-order valence-electron chi connectivity index (χ1n) is 7.21. The number of benzene rings is 1. The smallest absolute Gasteiger partial charge is 0.156 e. The van der Waals surface area contributed by atoms with Crippen LogP contribution in [0.4, 0.5) is 0 Å². The largest absolute Gasteiger partial charge is 0.486 e. The molecule has 1 aliphatic heterocycles. The Labute approximate surface area is 126 Å². The lowest BCUT2D eigenvalue weighted by molar-refractivity contribution is 0.0728. The van der Waals surface area contributed by atoms with Crippen LogP contribution in [-0.2, 0) is 9.84 Å². The van der Waals surface area contributed by atoms with E-state index in [2.05, 4.69) is 5.32 Å². The van der Waals surface area contributed by atoms with Crippen LogP contribution in [0.25, 0.3) is 0 Å². The molecule has 5 nitrogen and oxygen atoms in total. The number of ether oxygens (including phenoxy) is 1. The van der Waals surface area contributed by atoms with Crippen molar-refractivity contribution in [3.63, 3.8) is 0 Å². The van der Waals surface area contributed by atoms with Gasteiger partial charge in [-0.15, -0.1) is 0 Å². The molecule has 1 fully saturated rings. The molecule has 0 bridgehead atoms. The Kier molecular flexibility index (Phi) is 4.91. The number of aryl methyl sites for hydroxylation is 1. The summed E-state index contributed by atoms with van der Waals surface area (Å²) in [6, 6.07) is 5.89. The van der Waals surface area contributed by atoms with Gasteiger partial charge in [-0.1, -0.05) is 24.6 Å². The summed E-state index contributed by atoms with van der Waals surface area (Å²) in [4.78, 5) is 0. The summed E-state index contributed by atoms with van der Waals surface area (Å²) >= 11 is 0. The number of sulfone groups is 1. The zero-order valence-electron chi connectivity index (χ0n) is 12.7. The lowest BCUT2D eigenvalue weighted by Crippen LogP contribution is -2.30. The van der Waals surface area contributed by atoms with Gasteiger partial charge in [-0.05, 0) is 26.5 Å². The minimum Gasteiger partial charge on any atom is -0.486 e. The van der Waals surface area contributed by atoms with E-state index in [1.807, 2.05) is 39.0 Å². The Hall–Kier alpha value is -1.11. The van der Waals surface area contributed by atoms with Gasteiger partial charge in [-0.2, -0.15) is 0 Å². The van der Waals surface area contributed by atoms with Crippen LogP contribution >= 0.6 is 0 Å². The fourth-order valence-corrected chi connectivity index (χ4v) is 4.26. The minimum atomic E-state index is -3.21. The van der Waals surface area contributed by atoms with Crippen molar-refractivity contribution in [1.82, 2.24) is 5.32 Å². The highest BCUT2D eigenvalue weighted by Crippen LogP contribution is 2.29. The molecule has 3 unspecified atom stereocenters. The Balaban J connectivity index is 2.24. The molecule has 3 atom stereocenters. The van der Waals surface area contributed by atoms with Crippen LogP contribution in [-0.4, -0.2) is 43.8 Å². The van der Waals surface area contributed by atoms with E-state index in [-0.39, 0.29) is 17.5 Å². The molecular formula is C15H23NO4S. The van der Waals surface area contributed by atoms with Gasteiger partial charge in [0.15, 0.2) is 9.84 Å². The Morgan fingerprint density at radius 3 is 2.71 bits per heavy atom. The molecule has 1 aromatic carbocycles. The van der Waals surface area contributed by atoms with E-state index in [4.69, 9.17) is 4.74 Å². The predicted molar refractivity (Wildman–Crippen MR) is 82.3 cm³/mol. The van der Waals surface area contributed by atoms with Crippen molar-refractivity contribution >= 4 is 9.84 Å². The van der Waals surface area contributed by atoms with Crippen LogP contribution < -0.4 is 10.1 Å². The molecule has 2 N–H and O–H groups in total. The minimum absolute atomic E-state index is 0.0973. The van der Waals surface area contributed by atoms with E-state index in [1.54, 1.807) is 0 Å². The number of rotatable bonds is 5. The molecule has 0 spiro atoms. The Bertz CT molecular complexity index is 600. The maximum atomic E-state index is 11.6. The highest BCUT2D eigenvalue weighted by Gasteiger charge is 2.38. The normalized spacial score (nSPS) is 25.7. The van der Waals surface area contributed by atoms with Crippen molar-refractivity contribution in [2.45, 2.75) is 39.0 Å². The van der Waals surface area contributed by atoms with Crippen molar-refractivity contribution in [2.75, 3.05) is 18.1 Å². The summed E-state index contributed by atoms with van der Waals surface area (Å²) in [6.07, 6.45) is -1.65. The molecule has 0 saturated carbocycles. The summed E-state index contributed by atoms with van der Waals surface area (Å²) in [5.74, 6) is 0.286. The molecule has 1 aromatic rings. The molecular weight excluding hydrogens is 290 g/mol. The maximum Gasteiger partial charge on any atom is 0.156 e. The quantitative estimate of drug-likeness (QED) is 0.854. The molecule has 0 aliphatic carbocycles. The molecule has 1 aliphatic rings. The number of hydrogen-bond acceptors (Lipinski definition) is 5. The van der Waals surface area contributed by atoms with Gasteiger partial charge < -0.3 is 15.2 Å². The molecule has 0 aromatic heterocycles. The highest BCUT2D eigenvalue weighted by molar-refractivity contribution is 7.91. The monoisotopic (exact) mass is 313 g/mol. The standard InChI is InChI=1S/C15H23NO4S/c1-4-16-11(3)12-7-10(2)5-6-14(12)20-15-9-21(18,19)8-13(15)17/h5-7,11,13,15-17H,4,8-9H2,1-3H3.